The number of hydrogen-bond donors (Lipinski definition) is 1. The number of nitrogens with zero attached hydrogens (tertiary/aromatic N) is 1. The fraction of sp³-hybridized carbons (Fsp3) is 0.400. The quantitative estimate of drug-likeness (QED) is 0.750. The largest absolute Gasteiger partial charge is 0.476 e. The topological polar surface area (TPSA) is 50.2 Å². The van der Waals surface area contributed by atoms with Crippen LogP contribution in [0.2, 0.25) is 0 Å². The lowest BCUT2D eigenvalue weighted by molar-refractivity contribution is 0.0685. The molecule has 1 N–H and O–H groups in total. The van der Waals surface area contributed by atoms with E-state index in [2.05, 4.69) is 4.98 Å². The van der Waals surface area contributed by atoms with Crippen molar-refractivity contribution in [3.8, 4) is 0 Å². The summed E-state index contributed by atoms with van der Waals surface area (Å²) in [6, 6.07) is 1.22. The molecule has 0 aliphatic rings. The molecular formula is C10H12FNO2. The molecule has 0 spiro atoms. The molecule has 0 fully saturated rings. The summed E-state index contributed by atoms with van der Waals surface area (Å²) in [6.45, 7) is 5.72. The predicted molar refractivity (Wildman–Crippen MR) is 49.9 cm³/mol. The third-order valence-electron chi connectivity index (χ3n) is 1.91. The van der Waals surface area contributed by atoms with Crippen LogP contribution in [0.25, 0.3) is 0 Å². The summed E-state index contributed by atoms with van der Waals surface area (Å²) in [5.41, 5.74) is -0.0804. The molecule has 0 aromatic carbocycles. The van der Waals surface area contributed by atoms with Crippen molar-refractivity contribution in [2.24, 2.45) is 0 Å². The van der Waals surface area contributed by atoms with Crippen LogP contribution in [0.3, 0.4) is 0 Å². The molecule has 0 aliphatic heterocycles. The number of hydrogen-bond acceptors (Lipinski definition) is 2. The van der Waals surface area contributed by atoms with E-state index in [-0.39, 0.29) is 5.41 Å². The zero-order valence-corrected chi connectivity index (χ0v) is 8.34. The van der Waals surface area contributed by atoms with Crippen molar-refractivity contribution in [1.29, 1.82) is 0 Å². The summed E-state index contributed by atoms with van der Waals surface area (Å²) < 4.78 is 13.2. The van der Waals surface area contributed by atoms with Gasteiger partial charge in [-0.1, -0.05) is 20.8 Å². The maximum absolute atomic E-state index is 13.2. The molecule has 0 amide bonds. The van der Waals surface area contributed by atoms with Crippen molar-refractivity contribution < 1.29 is 14.3 Å². The Bertz CT molecular complexity index is 369. The number of carboxylic acids is 1. The maximum Gasteiger partial charge on any atom is 0.357 e. The molecule has 3 nitrogen and oxygen atoms in total. The van der Waals surface area contributed by atoms with Crippen LogP contribution in [0.5, 0.6) is 0 Å². The van der Waals surface area contributed by atoms with Crippen LogP contribution in [0.15, 0.2) is 12.3 Å². The van der Waals surface area contributed by atoms with Crippen molar-refractivity contribution in [3.05, 3.63) is 29.3 Å². The minimum absolute atomic E-state index is 0.231. The molecular weight excluding hydrogens is 185 g/mol. The van der Waals surface area contributed by atoms with E-state index < -0.39 is 17.5 Å². The van der Waals surface area contributed by atoms with Gasteiger partial charge in [-0.05, 0) is 17.0 Å². The first-order valence-corrected chi connectivity index (χ1v) is 4.21. The molecule has 0 radical (unpaired) electrons. The van der Waals surface area contributed by atoms with Gasteiger partial charge in [-0.2, -0.15) is 0 Å². The van der Waals surface area contributed by atoms with Crippen molar-refractivity contribution in [1.82, 2.24) is 4.98 Å². The third kappa shape index (κ3) is 2.07. The number of halogens is 1. The van der Waals surface area contributed by atoms with E-state index in [1.165, 1.54) is 12.3 Å². The highest BCUT2D eigenvalue weighted by Gasteiger charge is 2.18. The van der Waals surface area contributed by atoms with Crippen LogP contribution in [-0.2, 0) is 5.41 Å². The lowest BCUT2D eigenvalue weighted by Crippen LogP contribution is -2.14. The normalized spacial score (nSPS) is 11.4. The molecule has 0 saturated carbocycles. The van der Waals surface area contributed by atoms with Crippen LogP contribution >= 0.6 is 0 Å². The van der Waals surface area contributed by atoms with Crippen LogP contribution in [0, 0.1) is 5.82 Å². The summed E-state index contributed by atoms with van der Waals surface area (Å²) in [4.78, 5) is 14.0. The second kappa shape index (κ2) is 3.36. The van der Waals surface area contributed by atoms with E-state index >= 15 is 0 Å². The van der Waals surface area contributed by atoms with Crippen molar-refractivity contribution >= 4 is 5.97 Å². The minimum Gasteiger partial charge on any atom is -0.476 e. The van der Waals surface area contributed by atoms with Gasteiger partial charge in [0.1, 0.15) is 0 Å². The molecule has 1 rings (SSSR count). The Labute approximate surface area is 81.6 Å². The molecule has 0 bridgehead atoms. The SMILES string of the molecule is CC(C)(C)c1cnc(C(=O)O)c(F)c1. The van der Waals surface area contributed by atoms with E-state index in [4.69, 9.17) is 5.11 Å². The number of pyridine rings is 1. The summed E-state index contributed by atoms with van der Waals surface area (Å²) in [5, 5.41) is 8.56. The molecule has 4 heteroatoms. The number of carboxylic acid groups (broad SMARTS) is 1. The maximum atomic E-state index is 13.2. The van der Waals surface area contributed by atoms with Gasteiger partial charge in [0.15, 0.2) is 11.5 Å². The minimum atomic E-state index is -1.34. The van der Waals surface area contributed by atoms with Gasteiger partial charge in [-0.3, -0.25) is 0 Å². The number of rotatable bonds is 1. The van der Waals surface area contributed by atoms with Gasteiger partial charge >= 0.3 is 5.97 Å². The second-order valence-electron chi connectivity index (χ2n) is 4.11. The molecule has 14 heavy (non-hydrogen) atoms. The van der Waals surface area contributed by atoms with Crippen LogP contribution in [0.4, 0.5) is 4.39 Å². The Hall–Kier alpha value is -1.45. The van der Waals surface area contributed by atoms with Crippen molar-refractivity contribution in [3.63, 3.8) is 0 Å². The Morgan fingerprint density at radius 1 is 1.50 bits per heavy atom. The highest BCUT2D eigenvalue weighted by molar-refractivity contribution is 5.85. The third-order valence-corrected chi connectivity index (χ3v) is 1.91. The number of aromatic nitrogens is 1. The zero-order chi connectivity index (χ0) is 10.9. The number of aromatic carboxylic acids is 1. The summed E-state index contributed by atoms with van der Waals surface area (Å²) in [7, 11) is 0. The fourth-order valence-electron chi connectivity index (χ4n) is 1.01. The molecule has 1 heterocycles. The van der Waals surface area contributed by atoms with Gasteiger partial charge < -0.3 is 5.11 Å². The highest BCUT2D eigenvalue weighted by atomic mass is 19.1. The highest BCUT2D eigenvalue weighted by Crippen LogP contribution is 2.22. The molecule has 0 aliphatic carbocycles. The molecule has 0 unspecified atom stereocenters. The standard InChI is InChI=1S/C10H12FNO2/c1-10(2,3)6-4-7(11)8(9(13)14)12-5-6/h4-5H,1-3H3,(H,13,14). The average molecular weight is 197 g/mol. The molecule has 0 saturated heterocycles. The van der Waals surface area contributed by atoms with Crippen LogP contribution in [-0.4, -0.2) is 16.1 Å². The van der Waals surface area contributed by atoms with Gasteiger partial charge in [0.05, 0.1) is 0 Å². The van der Waals surface area contributed by atoms with E-state index in [1.807, 2.05) is 20.8 Å². The predicted octanol–water partition coefficient (Wildman–Crippen LogP) is 2.22. The first kappa shape index (κ1) is 10.6. The number of carbonyl (C=O) groups is 1. The van der Waals surface area contributed by atoms with Gasteiger partial charge in [0.25, 0.3) is 0 Å². The second-order valence-corrected chi connectivity index (χ2v) is 4.11. The summed E-state index contributed by atoms with van der Waals surface area (Å²) in [6.07, 6.45) is 1.40. The molecule has 76 valence electrons. The summed E-state index contributed by atoms with van der Waals surface area (Å²) in [5.74, 6) is -2.13. The fourth-order valence-corrected chi connectivity index (χ4v) is 1.01. The zero-order valence-electron chi connectivity index (χ0n) is 8.34. The first-order chi connectivity index (χ1) is 6.32. The van der Waals surface area contributed by atoms with Crippen molar-refractivity contribution in [2.45, 2.75) is 26.2 Å². The Balaban J connectivity index is 3.20. The van der Waals surface area contributed by atoms with Crippen LogP contribution < -0.4 is 0 Å². The average Bonchev–Trinajstić information content (AvgIpc) is 2.01. The van der Waals surface area contributed by atoms with Gasteiger partial charge in [0, 0.05) is 6.20 Å². The summed E-state index contributed by atoms with van der Waals surface area (Å²) >= 11 is 0. The van der Waals surface area contributed by atoms with Crippen LogP contribution in [0.1, 0.15) is 36.8 Å². The van der Waals surface area contributed by atoms with Crippen molar-refractivity contribution in [2.75, 3.05) is 0 Å². The molecule has 1 aromatic rings. The smallest absolute Gasteiger partial charge is 0.357 e. The van der Waals surface area contributed by atoms with E-state index in [9.17, 15) is 9.18 Å². The Morgan fingerprint density at radius 3 is 2.43 bits per heavy atom. The molecule has 1 aromatic heterocycles. The van der Waals surface area contributed by atoms with Gasteiger partial charge in [0.2, 0.25) is 0 Å². The van der Waals surface area contributed by atoms with E-state index in [1.54, 1.807) is 0 Å². The Morgan fingerprint density at radius 2 is 2.07 bits per heavy atom. The van der Waals surface area contributed by atoms with E-state index in [0.29, 0.717) is 5.56 Å². The van der Waals surface area contributed by atoms with E-state index in [0.717, 1.165) is 0 Å². The monoisotopic (exact) mass is 197 g/mol. The van der Waals surface area contributed by atoms with Gasteiger partial charge in [-0.15, -0.1) is 0 Å². The Kier molecular flexibility index (Phi) is 2.55. The molecule has 0 atom stereocenters. The lowest BCUT2D eigenvalue weighted by Gasteiger charge is -2.18. The first-order valence-electron chi connectivity index (χ1n) is 4.21. The van der Waals surface area contributed by atoms with Gasteiger partial charge in [-0.25, -0.2) is 14.2 Å². The lowest BCUT2D eigenvalue weighted by atomic mass is 9.88.